The minimum Gasteiger partial charge on any atom is -0.507 e. The van der Waals surface area contributed by atoms with Gasteiger partial charge in [0.05, 0.1) is 0 Å². The van der Waals surface area contributed by atoms with Crippen molar-refractivity contribution >= 4 is 11.9 Å². The van der Waals surface area contributed by atoms with Crippen LogP contribution < -0.4 is 5.73 Å². The van der Waals surface area contributed by atoms with Crippen LogP contribution in [-0.4, -0.2) is 45.7 Å². The van der Waals surface area contributed by atoms with E-state index in [9.17, 15) is 19.8 Å². The van der Waals surface area contributed by atoms with Crippen molar-refractivity contribution in [3.63, 3.8) is 0 Å². The Morgan fingerprint density at radius 2 is 1.86 bits per heavy atom. The SMILES string of the molecule is CN(Cc1ccc(O)c(C(=O)O)c1O)C(=O)CCCCCN. The van der Waals surface area contributed by atoms with E-state index in [-0.39, 0.29) is 18.0 Å². The molecule has 0 spiro atoms. The van der Waals surface area contributed by atoms with Crippen LogP contribution in [0.1, 0.15) is 41.6 Å². The van der Waals surface area contributed by atoms with Gasteiger partial charge in [0.15, 0.2) is 0 Å². The van der Waals surface area contributed by atoms with Crippen LogP contribution in [0, 0.1) is 0 Å². The van der Waals surface area contributed by atoms with Crippen molar-refractivity contribution < 1.29 is 24.9 Å². The number of carboxylic acids is 1. The summed E-state index contributed by atoms with van der Waals surface area (Å²) in [6.07, 6.45) is 2.87. The van der Waals surface area contributed by atoms with Crippen LogP contribution in [0.25, 0.3) is 0 Å². The topological polar surface area (TPSA) is 124 Å². The van der Waals surface area contributed by atoms with E-state index in [0.717, 1.165) is 19.3 Å². The highest BCUT2D eigenvalue weighted by molar-refractivity contribution is 5.94. The van der Waals surface area contributed by atoms with E-state index >= 15 is 0 Å². The van der Waals surface area contributed by atoms with E-state index in [1.165, 1.54) is 17.0 Å². The van der Waals surface area contributed by atoms with Crippen LogP contribution in [-0.2, 0) is 11.3 Å². The number of hydrogen-bond acceptors (Lipinski definition) is 5. The van der Waals surface area contributed by atoms with E-state index < -0.39 is 23.0 Å². The third kappa shape index (κ3) is 4.63. The third-order valence-corrected chi connectivity index (χ3v) is 3.38. The van der Waals surface area contributed by atoms with Gasteiger partial charge in [-0.1, -0.05) is 6.42 Å². The highest BCUT2D eigenvalue weighted by Gasteiger charge is 2.20. The normalized spacial score (nSPS) is 10.5. The first-order valence-electron chi connectivity index (χ1n) is 7.09. The molecule has 0 saturated carbocycles. The van der Waals surface area contributed by atoms with Crippen molar-refractivity contribution in [3.8, 4) is 11.5 Å². The second-order valence-corrected chi connectivity index (χ2v) is 5.12. The van der Waals surface area contributed by atoms with Gasteiger partial charge in [-0.25, -0.2) is 4.79 Å². The lowest BCUT2D eigenvalue weighted by Gasteiger charge is -2.18. The van der Waals surface area contributed by atoms with Crippen molar-refractivity contribution in [1.29, 1.82) is 0 Å². The molecule has 7 heteroatoms. The number of phenols is 2. The van der Waals surface area contributed by atoms with Gasteiger partial charge in [0.2, 0.25) is 5.91 Å². The Kier molecular flexibility index (Phi) is 6.65. The maximum absolute atomic E-state index is 12.0. The Balaban J connectivity index is 2.72. The lowest BCUT2D eigenvalue weighted by molar-refractivity contribution is -0.130. The Bertz CT molecular complexity index is 545. The zero-order valence-corrected chi connectivity index (χ0v) is 12.6. The van der Waals surface area contributed by atoms with E-state index in [4.69, 9.17) is 10.8 Å². The van der Waals surface area contributed by atoms with E-state index in [0.29, 0.717) is 13.0 Å². The van der Waals surface area contributed by atoms with Gasteiger partial charge in [-0.3, -0.25) is 4.79 Å². The van der Waals surface area contributed by atoms with Crippen molar-refractivity contribution in [2.24, 2.45) is 5.73 Å². The number of aromatic hydroxyl groups is 2. The zero-order valence-electron chi connectivity index (χ0n) is 12.6. The quantitative estimate of drug-likeness (QED) is 0.536. The van der Waals surface area contributed by atoms with Gasteiger partial charge in [-0.15, -0.1) is 0 Å². The monoisotopic (exact) mass is 310 g/mol. The molecule has 0 bridgehead atoms. The van der Waals surface area contributed by atoms with Gasteiger partial charge < -0.3 is 26.0 Å². The lowest BCUT2D eigenvalue weighted by atomic mass is 10.1. The number of hydrogen-bond donors (Lipinski definition) is 4. The van der Waals surface area contributed by atoms with Gasteiger partial charge in [0.25, 0.3) is 0 Å². The first-order valence-corrected chi connectivity index (χ1v) is 7.09. The minimum absolute atomic E-state index is 0.0715. The molecule has 1 rings (SSSR count). The van der Waals surface area contributed by atoms with E-state index in [2.05, 4.69) is 0 Å². The number of carbonyl (C=O) groups is 2. The number of carbonyl (C=O) groups excluding carboxylic acids is 1. The zero-order chi connectivity index (χ0) is 16.7. The summed E-state index contributed by atoms with van der Waals surface area (Å²) in [6, 6.07) is 2.59. The average Bonchev–Trinajstić information content (AvgIpc) is 2.46. The first-order chi connectivity index (χ1) is 10.4. The first kappa shape index (κ1) is 17.8. The van der Waals surface area contributed by atoms with Crippen LogP contribution in [0.4, 0.5) is 0 Å². The molecule has 0 unspecified atom stereocenters. The van der Waals surface area contributed by atoms with Crippen LogP contribution in [0.15, 0.2) is 12.1 Å². The predicted molar refractivity (Wildman–Crippen MR) is 80.7 cm³/mol. The van der Waals surface area contributed by atoms with Gasteiger partial charge >= 0.3 is 5.97 Å². The Labute approximate surface area is 129 Å². The summed E-state index contributed by atoms with van der Waals surface area (Å²) < 4.78 is 0. The number of rotatable bonds is 8. The molecule has 7 nitrogen and oxygen atoms in total. The molecule has 0 aromatic heterocycles. The number of carboxylic acid groups (broad SMARTS) is 1. The van der Waals surface area contributed by atoms with Gasteiger partial charge in [-0.05, 0) is 31.5 Å². The molecule has 1 aromatic carbocycles. The Hall–Kier alpha value is -2.28. The molecule has 22 heavy (non-hydrogen) atoms. The number of benzene rings is 1. The molecule has 0 heterocycles. The number of aromatic carboxylic acids is 1. The van der Waals surface area contributed by atoms with Crippen molar-refractivity contribution in [1.82, 2.24) is 4.90 Å². The smallest absolute Gasteiger partial charge is 0.343 e. The fourth-order valence-electron chi connectivity index (χ4n) is 2.09. The van der Waals surface area contributed by atoms with Crippen LogP contribution in [0.3, 0.4) is 0 Å². The van der Waals surface area contributed by atoms with Crippen LogP contribution in [0.2, 0.25) is 0 Å². The molecule has 0 fully saturated rings. The molecule has 0 aliphatic rings. The van der Waals surface area contributed by atoms with Crippen molar-refractivity contribution in [2.75, 3.05) is 13.6 Å². The lowest BCUT2D eigenvalue weighted by Crippen LogP contribution is -2.26. The molecule has 0 radical (unpaired) electrons. The highest BCUT2D eigenvalue weighted by atomic mass is 16.4. The van der Waals surface area contributed by atoms with E-state index in [1.54, 1.807) is 7.05 Å². The third-order valence-electron chi connectivity index (χ3n) is 3.38. The molecule has 0 aliphatic heterocycles. The molecule has 1 amide bonds. The molecule has 0 saturated heterocycles. The maximum Gasteiger partial charge on any atom is 0.343 e. The molecule has 0 aliphatic carbocycles. The summed E-state index contributed by atoms with van der Waals surface area (Å²) in [7, 11) is 1.58. The maximum atomic E-state index is 12.0. The second kappa shape index (κ2) is 8.23. The summed E-state index contributed by atoms with van der Waals surface area (Å²) in [6.45, 7) is 0.672. The molecule has 0 atom stereocenters. The summed E-state index contributed by atoms with van der Waals surface area (Å²) in [5, 5.41) is 28.4. The number of amides is 1. The fourth-order valence-corrected chi connectivity index (χ4v) is 2.09. The van der Waals surface area contributed by atoms with Gasteiger partial charge in [0.1, 0.15) is 17.1 Å². The summed E-state index contributed by atoms with van der Waals surface area (Å²) in [5.74, 6) is -2.55. The predicted octanol–water partition coefficient (Wildman–Crippen LogP) is 1.27. The Morgan fingerprint density at radius 1 is 1.18 bits per heavy atom. The highest BCUT2D eigenvalue weighted by Crippen LogP contribution is 2.31. The van der Waals surface area contributed by atoms with E-state index in [1.807, 2.05) is 0 Å². The number of unbranched alkanes of at least 4 members (excludes halogenated alkanes) is 2. The summed E-state index contributed by atoms with van der Waals surface area (Å²) in [5.41, 5.74) is 5.10. The van der Waals surface area contributed by atoms with Crippen LogP contribution in [0.5, 0.6) is 11.5 Å². The molecular formula is C15H22N2O5. The van der Waals surface area contributed by atoms with Gasteiger partial charge in [0, 0.05) is 25.6 Å². The molecule has 1 aromatic rings. The summed E-state index contributed by atoms with van der Waals surface area (Å²) >= 11 is 0. The van der Waals surface area contributed by atoms with Crippen LogP contribution >= 0.6 is 0 Å². The molecule has 5 N–H and O–H groups in total. The molecular weight excluding hydrogens is 288 g/mol. The Morgan fingerprint density at radius 3 is 2.45 bits per heavy atom. The molecule has 122 valence electrons. The average molecular weight is 310 g/mol. The van der Waals surface area contributed by atoms with Crippen molar-refractivity contribution in [3.05, 3.63) is 23.3 Å². The van der Waals surface area contributed by atoms with Crippen molar-refractivity contribution in [2.45, 2.75) is 32.2 Å². The summed E-state index contributed by atoms with van der Waals surface area (Å²) in [4.78, 5) is 24.4. The number of nitrogens with zero attached hydrogens (tertiary/aromatic N) is 1. The number of nitrogens with two attached hydrogens (primary N) is 1. The van der Waals surface area contributed by atoms with Gasteiger partial charge in [-0.2, -0.15) is 0 Å². The minimum atomic E-state index is -1.42. The largest absolute Gasteiger partial charge is 0.507 e. The second-order valence-electron chi connectivity index (χ2n) is 5.12. The fraction of sp³-hybridized carbons (Fsp3) is 0.467. The standard InChI is InChI=1S/C15H22N2O5/c1-17(12(19)5-3-2-4-8-16)9-10-6-7-11(18)13(14(10)20)15(21)22/h6-7,18,20H,2-5,8-9,16H2,1H3,(H,21,22).